The molecule has 0 saturated heterocycles. The Kier molecular flexibility index (Phi) is 3.98. The summed E-state index contributed by atoms with van der Waals surface area (Å²) in [6.07, 6.45) is 0. The maximum atomic E-state index is 12.4. The summed E-state index contributed by atoms with van der Waals surface area (Å²) in [5.41, 5.74) is 0.521. The molecular formula is C16H14N2O5S. The van der Waals surface area contributed by atoms with Gasteiger partial charge in [-0.25, -0.2) is 12.7 Å². The van der Waals surface area contributed by atoms with Crippen molar-refractivity contribution in [2.45, 2.75) is 4.90 Å². The van der Waals surface area contributed by atoms with Crippen LogP contribution in [0.3, 0.4) is 0 Å². The van der Waals surface area contributed by atoms with Crippen molar-refractivity contribution in [3.63, 3.8) is 0 Å². The Morgan fingerprint density at radius 1 is 1.17 bits per heavy atom. The Hall–Kier alpha value is -2.87. The Morgan fingerprint density at radius 3 is 2.62 bits per heavy atom. The van der Waals surface area contributed by atoms with E-state index in [2.05, 4.69) is 5.32 Å². The lowest BCUT2D eigenvalue weighted by Crippen LogP contribution is -2.37. The molecule has 7 nitrogen and oxygen atoms in total. The average molecular weight is 346 g/mol. The molecule has 24 heavy (non-hydrogen) atoms. The Bertz CT molecular complexity index is 924. The third kappa shape index (κ3) is 2.71. The van der Waals surface area contributed by atoms with Crippen LogP contribution in [0.1, 0.15) is 10.4 Å². The van der Waals surface area contributed by atoms with E-state index >= 15 is 0 Å². The van der Waals surface area contributed by atoms with Gasteiger partial charge >= 0.3 is 0 Å². The Labute approximate surface area is 138 Å². The van der Waals surface area contributed by atoms with Crippen LogP contribution < -0.4 is 10.1 Å². The van der Waals surface area contributed by atoms with Gasteiger partial charge in [-0.3, -0.25) is 9.59 Å². The molecule has 0 spiro atoms. The number of benzene rings is 2. The number of carbonyl (C=O) groups is 2. The topological polar surface area (TPSA) is 92.8 Å². The molecule has 1 aliphatic rings. The van der Waals surface area contributed by atoms with Gasteiger partial charge in [0.25, 0.3) is 15.9 Å². The maximum Gasteiger partial charge on any atom is 0.269 e. The number of methoxy groups -OCH3 is 1. The molecule has 0 bridgehead atoms. The number of carbonyl (C=O) groups excluding carboxylic acids is 2. The van der Waals surface area contributed by atoms with E-state index in [0.29, 0.717) is 15.7 Å². The number of ether oxygens (including phenoxy) is 1. The minimum Gasteiger partial charge on any atom is -0.497 e. The van der Waals surface area contributed by atoms with Crippen molar-refractivity contribution in [2.24, 2.45) is 0 Å². The molecule has 0 aliphatic carbocycles. The molecule has 2 aromatic carbocycles. The lowest BCUT2D eigenvalue weighted by Gasteiger charge is -2.15. The van der Waals surface area contributed by atoms with E-state index in [-0.39, 0.29) is 10.5 Å². The van der Waals surface area contributed by atoms with Gasteiger partial charge in [0, 0.05) is 11.8 Å². The molecular weight excluding hydrogens is 332 g/mol. The lowest BCUT2D eigenvalue weighted by atomic mass is 10.2. The normalized spacial score (nSPS) is 15.0. The summed E-state index contributed by atoms with van der Waals surface area (Å²) in [6.45, 7) is -0.590. The van der Waals surface area contributed by atoms with Gasteiger partial charge in [-0.1, -0.05) is 18.2 Å². The molecule has 0 radical (unpaired) electrons. The average Bonchev–Trinajstić information content (AvgIpc) is 2.76. The SMILES string of the molecule is COc1cccc(NC(=O)CN2C(=O)c3ccccc3S2(=O)=O)c1. The maximum absolute atomic E-state index is 12.4. The van der Waals surface area contributed by atoms with Crippen LogP contribution in [0.15, 0.2) is 53.4 Å². The molecule has 0 aromatic heterocycles. The van der Waals surface area contributed by atoms with E-state index in [9.17, 15) is 18.0 Å². The van der Waals surface area contributed by atoms with Crippen LogP contribution in [-0.4, -0.2) is 38.2 Å². The summed E-state index contributed by atoms with van der Waals surface area (Å²) in [5.74, 6) is -0.774. The number of hydrogen-bond donors (Lipinski definition) is 1. The smallest absolute Gasteiger partial charge is 0.269 e. The van der Waals surface area contributed by atoms with Crippen LogP contribution in [-0.2, 0) is 14.8 Å². The fraction of sp³-hybridized carbons (Fsp3) is 0.125. The number of nitrogens with one attached hydrogen (secondary N) is 1. The van der Waals surface area contributed by atoms with Gasteiger partial charge in [-0.05, 0) is 24.3 Å². The zero-order valence-electron chi connectivity index (χ0n) is 12.7. The van der Waals surface area contributed by atoms with Gasteiger partial charge in [-0.15, -0.1) is 0 Å². The highest BCUT2D eigenvalue weighted by Crippen LogP contribution is 2.29. The van der Waals surface area contributed by atoms with Gasteiger partial charge in [0.1, 0.15) is 17.2 Å². The summed E-state index contributed by atoms with van der Waals surface area (Å²) in [6, 6.07) is 12.5. The second kappa shape index (κ2) is 5.97. The number of hydrogen-bond acceptors (Lipinski definition) is 5. The van der Waals surface area contributed by atoms with E-state index in [1.165, 1.54) is 25.3 Å². The van der Waals surface area contributed by atoms with Gasteiger partial charge in [0.05, 0.1) is 12.7 Å². The fourth-order valence-electron chi connectivity index (χ4n) is 2.42. The van der Waals surface area contributed by atoms with Gasteiger partial charge in [0.2, 0.25) is 5.91 Å². The van der Waals surface area contributed by atoms with Crippen molar-refractivity contribution in [2.75, 3.05) is 19.0 Å². The second-order valence-electron chi connectivity index (χ2n) is 5.09. The zero-order valence-corrected chi connectivity index (χ0v) is 13.5. The van der Waals surface area contributed by atoms with E-state index in [1.807, 2.05) is 0 Å². The number of anilines is 1. The van der Waals surface area contributed by atoms with Crippen molar-refractivity contribution < 1.29 is 22.7 Å². The molecule has 0 unspecified atom stereocenters. The van der Waals surface area contributed by atoms with Gasteiger partial charge in [0.15, 0.2) is 0 Å². The van der Waals surface area contributed by atoms with Crippen molar-refractivity contribution >= 4 is 27.5 Å². The monoisotopic (exact) mass is 346 g/mol. The molecule has 0 saturated carbocycles. The van der Waals surface area contributed by atoms with Crippen molar-refractivity contribution in [1.29, 1.82) is 0 Å². The molecule has 2 aromatic rings. The van der Waals surface area contributed by atoms with Crippen molar-refractivity contribution in [3.05, 3.63) is 54.1 Å². The van der Waals surface area contributed by atoms with Crippen LogP contribution in [0.2, 0.25) is 0 Å². The van der Waals surface area contributed by atoms with Crippen LogP contribution in [0.4, 0.5) is 5.69 Å². The van der Waals surface area contributed by atoms with Crippen LogP contribution in [0.25, 0.3) is 0 Å². The third-order valence-electron chi connectivity index (χ3n) is 3.55. The Balaban J connectivity index is 1.79. The largest absolute Gasteiger partial charge is 0.497 e. The van der Waals surface area contributed by atoms with Crippen molar-refractivity contribution in [3.8, 4) is 5.75 Å². The van der Waals surface area contributed by atoms with Crippen LogP contribution >= 0.6 is 0 Å². The van der Waals surface area contributed by atoms with Gasteiger partial charge in [-0.2, -0.15) is 0 Å². The first kappa shape index (κ1) is 16.0. The van der Waals surface area contributed by atoms with E-state index in [0.717, 1.165) is 0 Å². The highest BCUT2D eigenvalue weighted by atomic mass is 32.2. The van der Waals surface area contributed by atoms with E-state index in [4.69, 9.17) is 4.74 Å². The summed E-state index contributed by atoms with van der Waals surface area (Å²) in [4.78, 5) is 24.3. The highest BCUT2D eigenvalue weighted by Gasteiger charge is 2.41. The minimum absolute atomic E-state index is 0.0756. The predicted molar refractivity (Wildman–Crippen MR) is 86.3 cm³/mol. The number of rotatable bonds is 4. The molecule has 1 N–H and O–H groups in total. The summed E-state index contributed by atoms with van der Waals surface area (Å²) < 4.78 is 30.4. The zero-order chi connectivity index (χ0) is 17.3. The Morgan fingerprint density at radius 2 is 1.92 bits per heavy atom. The van der Waals surface area contributed by atoms with Gasteiger partial charge < -0.3 is 10.1 Å². The molecule has 1 heterocycles. The number of fused-ring (bicyclic) bond motifs is 1. The third-order valence-corrected chi connectivity index (χ3v) is 5.34. The fourth-order valence-corrected chi connectivity index (χ4v) is 3.94. The predicted octanol–water partition coefficient (Wildman–Crippen LogP) is 1.48. The number of amides is 2. The van der Waals surface area contributed by atoms with E-state index in [1.54, 1.807) is 30.3 Å². The standard InChI is InChI=1S/C16H14N2O5S/c1-23-12-6-4-5-11(9-12)17-15(19)10-18-16(20)13-7-2-3-8-14(13)24(18,21)22/h2-9H,10H2,1H3,(H,17,19). The summed E-state index contributed by atoms with van der Waals surface area (Å²) in [7, 11) is -2.50. The molecule has 3 rings (SSSR count). The van der Waals surface area contributed by atoms with Crippen LogP contribution in [0.5, 0.6) is 5.75 Å². The molecule has 8 heteroatoms. The summed E-state index contributed by atoms with van der Waals surface area (Å²) in [5, 5.41) is 2.55. The highest BCUT2D eigenvalue weighted by molar-refractivity contribution is 7.90. The molecule has 1 aliphatic heterocycles. The minimum atomic E-state index is -4.00. The van der Waals surface area contributed by atoms with Crippen LogP contribution in [0, 0.1) is 0 Å². The summed E-state index contributed by atoms with van der Waals surface area (Å²) >= 11 is 0. The number of nitrogens with zero attached hydrogens (tertiary/aromatic N) is 1. The number of sulfonamides is 1. The quantitative estimate of drug-likeness (QED) is 0.905. The first-order chi connectivity index (χ1) is 11.4. The first-order valence-corrected chi connectivity index (χ1v) is 8.47. The molecule has 124 valence electrons. The van der Waals surface area contributed by atoms with E-state index < -0.39 is 28.4 Å². The van der Waals surface area contributed by atoms with Crippen molar-refractivity contribution in [1.82, 2.24) is 4.31 Å². The lowest BCUT2D eigenvalue weighted by molar-refractivity contribution is -0.116. The molecule has 2 amide bonds. The first-order valence-electron chi connectivity index (χ1n) is 7.03. The second-order valence-corrected chi connectivity index (χ2v) is 6.92. The molecule has 0 atom stereocenters. The molecule has 0 fully saturated rings.